The fraction of sp³-hybridized carbons (Fsp3) is 0.579. The van der Waals surface area contributed by atoms with Crippen molar-refractivity contribution in [1.82, 2.24) is 9.80 Å². The average Bonchev–Trinajstić information content (AvgIpc) is 2.63. The second kappa shape index (κ2) is 11.4. The number of benzene rings is 1. The number of rotatable bonds is 11. The van der Waals surface area contributed by atoms with Gasteiger partial charge in [-0.05, 0) is 52.2 Å². The van der Waals surface area contributed by atoms with E-state index in [9.17, 15) is 9.59 Å². The molecule has 1 aromatic rings. The van der Waals surface area contributed by atoms with Gasteiger partial charge in [-0.2, -0.15) is 0 Å². The van der Waals surface area contributed by atoms with Gasteiger partial charge in [0.05, 0.1) is 27.2 Å². The summed E-state index contributed by atoms with van der Waals surface area (Å²) in [6.45, 7) is 3.84. The molecule has 0 atom stereocenters. The molecule has 0 unspecified atom stereocenters. The van der Waals surface area contributed by atoms with Gasteiger partial charge < -0.3 is 24.0 Å². The molecule has 0 saturated carbocycles. The van der Waals surface area contributed by atoms with Crippen LogP contribution in [-0.2, 0) is 9.53 Å². The maximum atomic E-state index is 12.9. The Morgan fingerprint density at radius 2 is 1.69 bits per heavy atom. The molecular formula is C19H30N2O5. The van der Waals surface area contributed by atoms with Gasteiger partial charge in [-0.1, -0.05) is 0 Å². The maximum Gasteiger partial charge on any atom is 0.307 e. The van der Waals surface area contributed by atoms with Gasteiger partial charge in [-0.3, -0.25) is 9.59 Å². The zero-order valence-electron chi connectivity index (χ0n) is 16.4. The third-order valence-corrected chi connectivity index (χ3v) is 3.84. The molecule has 0 aliphatic carbocycles. The number of esters is 1. The summed E-state index contributed by atoms with van der Waals surface area (Å²) in [4.78, 5) is 28.3. The highest BCUT2D eigenvalue weighted by atomic mass is 16.5. The standard InChI is InChI=1S/C19H30N2O5/c1-6-26-18(22)10-13-21(12-7-11-20(2)3)19(23)15-8-9-16(24-4)17(14-15)25-5/h8-9,14H,6-7,10-13H2,1-5H3. The lowest BCUT2D eigenvalue weighted by Gasteiger charge is -2.23. The topological polar surface area (TPSA) is 68.3 Å². The molecule has 0 aromatic heterocycles. The fourth-order valence-corrected chi connectivity index (χ4v) is 2.50. The predicted molar refractivity (Wildman–Crippen MR) is 99.9 cm³/mol. The monoisotopic (exact) mass is 366 g/mol. The van der Waals surface area contributed by atoms with Crippen molar-refractivity contribution in [2.75, 3.05) is 54.6 Å². The Morgan fingerprint density at radius 1 is 1.00 bits per heavy atom. The first-order valence-corrected chi connectivity index (χ1v) is 8.74. The van der Waals surface area contributed by atoms with Crippen LogP contribution in [0.15, 0.2) is 18.2 Å². The van der Waals surface area contributed by atoms with Crippen molar-refractivity contribution in [3.05, 3.63) is 23.8 Å². The summed E-state index contributed by atoms with van der Waals surface area (Å²) < 4.78 is 15.5. The smallest absolute Gasteiger partial charge is 0.307 e. The summed E-state index contributed by atoms with van der Waals surface area (Å²) in [5.74, 6) is 0.617. The van der Waals surface area contributed by atoms with Crippen LogP contribution in [0.3, 0.4) is 0 Å². The van der Waals surface area contributed by atoms with Crippen LogP contribution < -0.4 is 9.47 Å². The van der Waals surface area contributed by atoms with Gasteiger partial charge in [0.25, 0.3) is 5.91 Å². The second-order valence-corrected chi connectivity index (χ2v) is 6.07. The van der Waals surface area contributed by atoms with Crippen LogP contribution in [0.2, 0.25) is 0 Å². The molecule has 7 nitrogen and oxygen atoms in total. The molecule has 0 fully saturated rings. The van der Waals surface area contributed by atoms with E-state index in [1.807, 2.05) is 14.1 Å². The number of nitrogens with zero attached hydrogens (tertiary/aromatic N) is 2. The van der Waals surface area contributed by atoms with Gasteiger partial charge in [0.1, 0.15) is 0 Å². The van der Waals surface area contributed by atoms with Crippen LogP contribution in [0.25, 0.3) is 0 Å². The van der Waals surface area contributed by atoms with Crippen LogP contribution in [-0.4, -0.2) is 76.2 Å². The Morgan fingerprint density at radius 3 is 2.27 bits per heavy atom. The predicted octanol–water partition coefficient (Wildman–Crippen LogP) is 2.05. The number of ether oxygens (including phenoxy) is 3. The number of methoxy groups -OCH3 is 2. The molecule has 1 amide bonds. The largest absolute Gasteiger partial charge is 0.493 e. The van der Waals surface area contributed by atoms with E-state index >= 15 is 0 Å². The Balaban J connectivity index is 2.88. The molecule has 0 radical (unpaired) electrons. The van der Waals surface area contributed by atoms with Gasteiger partial charge >= 0.3 is 5.97 Å². The van der Waals surface area contributed by atoms with Crippen LogP contribution >= 0.6 is 0 Å². The Kier molecular flexibility index (Phi) is 9.51. The van der Waals surface area contributed by atoms with E-state index in [1.165, 1.54) is 7.11 Å². The van der Waals surface area contributed by atoms with E-state index in [2.05, 4.69) is 4.90 Å². The highest BCUT2D eigenvalue weighted by molar-refractivity contribution is 5.95. The van der Waals surface area contributed by atoms with Crippen molar-refractivity contribution in [2.45, 2.75) is 19.8 Å². The SMILES string of the molecule is CCOC(=O)CCN(CCCN(C)C)C(=O)c1ccc(OC)c(OC)c1. The molecule has 146 valence electrons. The molecule has 0 aliphatic heterocycles. The summed E-state index contributed by atoms with van der Waals surface area (Å²) in [5, 5.41) is 0. The fourth-order valence-electron chi connectivity index (χ4n) is 2.50. The maximum absolute atomic E-state index is 12.9. The van der Waals surface area contributed by atoms with Gasteiger partial charge in [0.2, 0.25) is 0 Å². The van der Waals surface area contributed by atoms with E-state index < -0.39 is 0 Å². The number of hydrogen-bond donors (Lipinski definition) is 0. The molecule has 0 spiro atoms. The van der Waals surface area contributed by atoms with Crippen molar-refractivity contribution in [3.8, 4) is 11.5 Å². The average molecular weight is 366 g/mol. The van der Waals surface area contributed by atoms with Crippen LogP contribution in [0.1, 0.15) is 30.1 Å². The summed E-state index contributed by atoms with van der Waals surface area (Å²) in [6.07, 6.45) is 0.990. The zero-order chi connectivity index (χ0) is 19.5. The lowest BCUT2D eigenvalue weighted by molar-refractivity contribution is -0.143. The van der Waals surface area contributed by atoms with Crippen molar-refractivity contribution >= 4 is 11.9 Å². The molecule has 0 heterocycles. The lowest BCUT2D eigenvalue weighted by atomic mass is 10.1. The van der Waals surface area contributed by atoms with E-state index in [1.54, 1.807) is 37.1 Å². The molecule has 0 aliphatic rings. The summed E-state index contributed by atoms with van der Waals surface area (Å²) in [5.41, 5.74) is 0.497. The lowest BCUT2D eigenvalue weighted by Crippen LogP contribution is -2.35. The molecular weight excluding hydrogens is 336 g/mol. The van der Waals surface area contributed by atoms with E-state index in [4.69, 9.17) is 14.2 Å². The first-order chi connectivity index (χ1) is 12.4. The summed E-state index contributed by atoms with van der Waals surface area (Å²) in [7, 11) is 7.05. The minimum absolute atomic E-state index is 0.144. The highest BCUT2D eigenvalue weighted by Crippen LogP contribution is 2.28. The number of carbonyl (C=O) groups is 2. The highest BCUT2D eigenvalue weighted by Gasteiger charge is 2.19. The van der Waals surface area contributed by atoms with E-state index in [-0.39, 0.29) is 18.3 Å². The van der Waals surface area contributed by atoms with Crippen molar-refractivity contribution in [1.29, 1.82) is 0 Å². The number of hydrogen-bond acceptors (Lipinski definition) is 6. The molecule has 1 aromatic carbocycles. The molecule has 0 bridgehead atoms. The van der Waals surface area contributed by atoms with Crippen molar-refractivity contribution < 1.29 is 23.8 Å². The first kappa shape index (κ1) is 21.8. The third-order valence-electron chi connectivity index (χ3n) is 3.84. The second-order valence-electron chi connectivity index (χ2n) is 6.07. The molecule has 7 heteroatoms. The minimum Gasteiger partial charge on any atom is -0.493 e. The quantitative estimate of drug-likeness (QED) is 0.559. The minimum atomic E-state index is -0.301. The van der Waals surface area contributed by atoms with Crippen LogP contribution in [0.5, 0.6) is 11.5 Å². The number of carbonyl (C=O) groups excluding carboxylic acids is 2. The van der Waals surface area contributed by atoms with Gasteiger partial charge in [0, 0.05) is 18.7 Å². The van der Waals surface area contributed by atoms with Crippen molar-refractivity contribution in [3.63, 3.8) is 0 Å². The summed E-state index contributed by atoms with van der Waals surface area (Å²) in [6, 6.07) is 5.06. The van der Waals surface area contributed by atoms with Crippen molar-refractivity contribution in [2.24, 2.45) is 0 Å². The van der Waals surface area contributed by atoms with Crippen LogP contribution in [0, 0.1) is 0 Å². The Hall–Kier alpha value is -2.28. The summed E-state index contributed by atoms with van der Waals surface area (Å²) >= 11 is 0. The van der Waals surface area contributed by atoms with Gasteiger partial charge in [0.15, 0.2) is 11.5 Å². The normalized spacial score (nSPS) is 10.5. The van der Waals surface area contributed by atoms with Gasteiger partial charge in [-0.25, -0.2) is 0 Å². The van der Waals surface area contributed by atoms with Gasteiger partial charge in [-0.15, -0.1) is 0 Å². The Labute approximate surface area is 155 Å². The van der Waals surface area contributed by atoms with Crippen LogP contribution in [0.4, 0.5) is 0 Å². The number of amides is 1. The zero-order valence-corrected chi connectivity index (χ0v) is 16.4. The molecule has 26 heavy (non-hydrogen) atoms. The molecule has 0 N–H and O–H groups in total. The Bertz CT molecular complexity index is 589. The molecule has 1 rings (SSSR count). The third kappa shape index (κ3) is 6.92. The van der Waals surface area contributed by atoms with E-state index in [0.717, 1.165) is 13.0 Å². The van der Waals surface area contributed by atoms with E-state index in [0.29, 0.717) is 36.8 Å². The first-order valence-electron chi connectivity index (χ1n) is 8.74. The molecule has 0 saturated heterocycles.